The molecule has 0 aliphatic carbocycles. The smallest absolute Gasteiger partial charge is 0.328 e. The molecule has 0 unspecified atom stereocenters. The van der Waals surface area contributed by atoms with E-state index in [1.54, 1.807) is 6.07 Å². The maximum atomic E-state index is 6.11. The standard InChI is InChI=1S/C14H14Cl2N4O/c1-9-4-5-10(15)11(8-9)21-14-18-12(16)17-13(19-14)20-6-2-3-7-20/h4-5,8H,2-3,6-7H2,1H3. The molecule has 0 bridgehead atoms. The van der Waals surface area contributed by atoms with E-state index in [9.17, 15) is 0 Å². The van der Waals surface area contributed by atoms with Crippen molar-refractivity contribution in [3.63, 3.8) is 0 Å². The van der Waals surface area contributed by atoms with E-state index in [0.29, 0.717) is 16.7 Å². The van der Waals surface area contributed by atoms with E-state index in [1.165, 1.54) is 0 Å². The molecule has 1 fully saturated rings. The third kappa shape index (κ3) is 3.36. The number of aryl methyl sites for hydroxylation is 1. The van der Waals surface area contributed by atoms with Gasteiger partial charge in [0.15, 0.2) is 0 Å². The SMILES string of the molecule is Cc1ccc(Cl)c(Oc2nc(Cl)nc(N3CCCC3)n2)c1. The maximum Gasteiger partial charge on any atom is 0.328 e. The normalized spacial score (nSPS) is 14.5. The Labute approximate surface area is 132 Å². The van der Waals surface area contributed by atoms with E-state index in [-0.39, 0.29) is 11.3 Å². The van der Waals surface area contributed by atoms with Crippen molar-refractivity contribution in [1.82, 2.24) is 15.0 Å². The zero-order chi connectivity index (χ0) is 14.8. The van der Waals surface area contributed by atoms with E-state index in [4.69, 9.17) is 27.9 Å². The Morgan fingerprint density at radius 2 is 1.86 bits per heavy atom. The minimum Gasteiger partial charge on any atom is -0.423 e. The molecule has 0 spiro atoms. The number of ether oxygens (including phenoxy) is 1. The van der Waals surface area contributed by atoms with E-state index >= 15 is 0 Å². The van der Waals surface area contributed by atoms with Gasteiger partial charge in [-0.05, 0) is 49.1 Å². The second kappa shape index (κ2) is 6.03. The average molecular weight is 325 g/mol. The van der Waals surface area contributed by atoms with Crippen LogP contribution < -0.4 is 9.64 Å². The van der Waals surface area contributed by atoms with Crippen LogP contribution in [0.3, 0.4) is 0 Å². The molecule has 1 aromatic heterocycles. The molecule has 2 heterocycles. The van der Waals surface area contributed by atoms with Gasteiger partial charge in [0.1, 0.15) is 5.75 Å². The van der Waals surface area contributed by atoms with Crippen LogP contribution in [-0.2, 0) is 0 Å². The number of aromatic nitrogens is 3. The Hall–Kier alpha value is -1.59. The highest BCUT2D eigenvalue weighted by Crippen LogP contribution is 2.29. The van der Waals surface area contributed by atoms with Crippen molar-refractivity contribution < 1.29 is 4.74 Å². The molecule has 7 heteroatoms. The van der Waals surface area contributed by atoms with Crippen LogP contribution in [0.15, 0.2) is 18.2 Å². The average Bonchev–Trinajstić information content (AvgIpc) is 2.96. The summed E-state index contributed by atoms with van der Waals surface area (Å²) in [6, 6.07) is 5.67. The number of anilines is 1. The maximum absolute atomic E-state index is 6.11. The first-order chi connectivity index (χ1) is 10.1. The number of nitrogens with zero attached hydrogens (tertiary/aromatic N) is 4. The lowest BCUT2D eigenvalue weighted by Crippen LogP contribution is -2.21. The van der Waals surface area contributed by atoms with Crippen LogP contribution in [0.25, 0.3) is 0 Å². The molecule has 110 valence electrons. The summed E-state index contributed by atoms with van der Waals surface area (Å²) >= 11 is 12.1. The molecule has 2 aromatic rings. The summed E-state index contributed by atoms with van der Waals surface area (Å²) in [5.74, 6) is 1.05. The summed E-state index contributed by atoms with van der Waals surface area (Å²) in [5.41, 5.74) is 1.04. The predicted octanol–water partition coefficient (Wildman–Crippen LogP) is 3.88. The summed E-state index contributed by atoms with van der Waals surface area (Å²) < 4.78 is 5.67. The van der Waals surface area contributed by atoms with Crippen molar-refractivity contribution in [3.8, 4) is 11.8 Å². The van der Waals surface area contributed by atoms with Crippen LogP contribution in [0.5, 0.6) is 11.8 Å². The second-order valence-corrected chi connectivity index (χ2v) is 5.66. The number of rotatable bonds is 3. The summed E-state index contributed by atoms with van der Waals surface area (Å²) in [6.07, 6.45) is 2.26. The van der Waals surface area contributed by atoms with Gasteiger partial charge in [-0.3, -0.25) is 0 Å². The van der Waals surface area contributed by atoms with Gasteiger partial charge in [-0.2, -0.15) is 15.0 Å². The summed E-state index contributed by atoms with van der Waals surface area (Å²) in [7, 11) is 0. The summed E-state index contributed by atoms with van der Waals surface area (Å²) in [4.78, 5) is 14.5. The Morgan fingerprint density at radius 3 is 2.62 bits per heavy atom. The zero-order valence-electron chi connectivity index (χ0n) is 11.5. The highest BCUT2D eigenvalue weighted by Gasteiger charge is 2.18. The van der Waals surface area contributed by atoms with Crippen LogP contribution in [0.2, 0.25) is 10.3 Å². The van der Waals surface area contributed by atoms with Crippen LogP contribution in [0.1, 0.15) is 18.4 Å². The number of hydrogen-bond acceptors (Lipinski definition) is 5. The van der Waals surface area contributed by atoms with Gasteiger partial charge in [0.25, 0.3) is 0 Å². The summed E-state index contributed by atoms with van der Waals surface area (Å²) in [5, 5.41) is 0.616. The topological polar surface area (TPSA) is 51.1 Å². The van der Waals surface area contributed by atoms with Crippen molar-refractivity contribution in [2.45, 2.75) is 19.8 Å². The summed E-state index contributed by atoms with van der Waals surface area (Å²) in [6.45, 7) is 3.80. The number of halogens is 2. The molecule has 0 radical (unpaired) electrons. The molecule has 0 atom stereocenters. The molecule has 1 aromatic carbocycles. The lowest BCUT2D eigenvalue weighted by atomic mass is 10.2. The van der Waals surface area contributed by atoms with Gasteiger partial charge in [0.05, 0.1) is 5.02 Å². The van der Waals surface area contributed by atoms with Crippen molar-refractivity contribution in [3.05, 3.63) is 34.1 Å². The van der Waals surface area contributed by atoms with Gasteiger partial charge in [-0.25, -0.2) is 0 Å². The van der Waals surface area contributed by atoms with Gasteiger partial charge >= 0.3 is 6.01 Å². The van der Waals surface area contributed by atoms with Crippen molar-refractivity contribution in [2.24, 2.45) is 0 Å². The molecular weight excluding hydrogens is 311 g/mol. The van der Waals surface area contributed by atoms with Crippen molar-refractivity contribution >= 4 is 29.2 Å². The monoisotopic (exact) mass is 324 g/mol. The third-order valence-corrected chi connectivity index (χ3v) is 3.73. The Morgan fingerprint density at radius 1 is 1.10 bits per heavy atom. The Bertz CT molecular complexity index is 659. The largest absolute Gasteiger partial charge is 0.423 e. The molecule has 5 nitrogen and oxygen atoms in total. The van der Waals surface area contributed by atoms with E-state index in [1.807, 2.05) is 19.1 Å². The van der Waals surface area contributed by atoms with Gasteiger partial charge in [-0.1, -0.05) is 17.7 Å². The predicted molar refractivity (Wildman–Crippen MR) is 82.5 cm³/mol. The third-order valence-electron chi connectivity index (χ3n) is 3.25. The van der Waals surface area contributed by atoms with E-state index < -0.39 is 0 Å². The molecule has 3 rings (SSSR count). The van der Waals surface area contributed by atoms with Gasteiger partial charge in [0.2, 0.25) is 11.2 Å². The lowest BCUT2D eigenvalue weighted by molar-refractivity contribution is 0.439. The molecule has 1 aliphatic heterocycles. The highest BCUT2D eigenvalue weighted by molar-refractivity contribution is 6.32. The molecule has 1 aliphatic rings. The minimum absolute atomic E-state index is 0.116. The zero-order valence-corrected chi connectivity index (χ0v) is 13.0. The Balaban J connectivity index is 1.89. The lowest BCUT2D eigenvalue weighted by Gasteiger charge is -2.15. The van der Waals surface area contributed by atoms with Crippen LogP contribution in [0.4, 0.5) is 5.95 Å². The second-order valence-electron chi connectivity index (χ2n) is 4.92. The van der Waals surface area contributed by atoms with E-state index in [2.05, 4.69) is 19.9 Å². The fraction of sp³-hybridized carbons (Fsp3) is 0.357. The molecule has 0 saturated carbocycles. The number of benzene rings is 1. The fourth-order valence-corrected chi connectivity index (χ4v) is 2.52. The van der Waals surface area contributed by atoms with Crippen molar-refractivity contribution in [1.29, 1.82) is 0 Å². The van der Waals surface area contributed by atoms with Gasteiger partial charge in [0, 0.05) is 13.1 Å². The molecule has 21 heavy (non-hydrogen) atoms. The highest BCUT2D eigenvalue weighted by atomic mass is 35.5. The minimum atomic E-state index is 0.116. The van der Waals surface area contributed by atoms with Gasteiger partial charge in [-0.15, -0.1) is 0 Å². The molecule has 0 N–H and O–H groups in total. The number of hydrogen-bond donors (Lipinski definition) is 0. The Kier molecular flexibility index (Phi) is 4.12. The fourth-order valence-electron chi connectivity index (χ4n) is 2.21. The first-order valence-electron chi connectivity index (χ1n) is 6.72. The first-order valence-corrected chi connectivity index (χ1v) is 7.48. The van der Waals surface area contributed by atoms with Crippen LogP contribution >= 0.6 is 23.2 Å². The van der Waals surface area contributed by atoms with Gasteiger partial charge < -0.3 is 9.64 Å². The van der Waals surface area contributed by atoms with E-state index in [0.717, 1.165) is 31.5 Å². The first kappa shape index (κ1) is 14.4. The quantitative estimate of drug-likeness (QED) is 0.857. The molecular formula is C14H14Cl2N4O. The van der Waals surface area contributed by atoms with Crippen LogP contribution in [-0.4, -0.2) is 28.0 Å². The molecule has 0 amide bonds. The van der Waals surface area contributed by atoms with Crippen molar-refractivity contribution in [2.75, 3.05) is 18.0 Å². The van der Waals surface area contributed by atoms with Crippen LogP contribution in [0, 0.1) is 6.92 Å². The molecule has 1 saturated heterocycles.